The van der Waals surface area contributed by atoms with Crippen LogP contribution in [0.15, 0.2) is 0 Å². The van der Waals surface area contributed by atoms with Gasteiger partial charge in [0.15, 0.2) is 0 Å². The second-order valence-electron chi connectivity index (χ2n) is 5.91. The summed E-state index contributed by atoms with van der Waals surface area (Å²) in [6.45, 7) is 6.94. The molecule has 0 aromatic heterocycles. The minimum atomic E-state index is 0. The first kappa shape index (κ1) is 23.4. The van der Waals surface area contributed by atoms with Crippen molar-refractivity contribution in [2.45, 2.75) is 12.8 Å². The first-order valence-electron chi connectivity index (χ1n) is 8.18. The molecular weight excluding hydrogens is 355 g/mol. The average Bonchev–Trinajstić information content (AvgIpc) is 3.06. The van der Waals surface area contributed by atoms with Gasteiger partial charge in [0.25, 0.3) is 0 Å². The first-order valence-corrected chi connectivity index (χ1v) is 8.18. The highest BCUT2D eigenvalue weighted by molar-refractivity contribution is 5.85. The summed E-state index contributed by atoms with van der Waals surface area (Å²) in [6.07, 6.45) is 2.26. The molecule has 0 radical (unpaired) electrons. The van der Waals surface area contributed by atoms with Crippen LogP contribution < -0.4 is 5.32 Å². The molecule has 2 aliphatic heterocycles. The molecule has 2 amide bonds. The molecular formula is C15H30Cl2N4O3. The first-order chi connectivity index (χ1) is 10.7. The molecule has 0 bridgehead atoms. The van der Waals surface area contributed by atoms with Crippen molar-refractivity contribution in [1.82, 2.24) is 20.0 Å². The van der Waals surface area contributed by atoms with E-state index >= 15 is 0 Å². The Hall–Kier alpha value is -0.600. The van der Waals surface area contributed by atoms with E-state index in [0.29, 0.717) is 39.3 Å². The van der Waals surface area contributed by atoms with Crippen LogP contribution in [0.1, 0.15) is 12.8 Å². The lowest BCUT2D eigenvalue weighted by Gasteiger charge is -2.35. The Bertz CT molecular complexity index is 374. The molecule has 0 aromatic rings. The van der Waals surface area contributed by atoms with Gasteiger partial charge in [0, 0.05) is 52.9 Å². The number of ether oxygens (including phenoxy) is 1. The van der Waals surface area contributed by atoms with Gasteiger partial charge in [-0.15, -0.1) is 24.8 Å². The summed E-state index contributed by atoms with van der Waals surface area (Å²) >= 11 is 0. The summed E-state index contributed by atoms with van der Waals surface area (Å²) in [6, 6.07) is 0. The molecule has 2 heterocycles. The number of rotatable bonds is 7. The van der Waals surface area contributed by atoms with Crippen molar-refractivity contribution in [1.29, 1.82) is 0 Å². The summed E-state index contributed by atoms with van der Waals surface area (Å²) in [5.41, 5.74) is 0. The van der Waals surface area contributed by atoms with Crippen molar-refractivity contribution in [3.05, 3.63) is 0 Å². The van der Waals surface area contributed by atoms with Crippen molar-refractivity contribution in [3.8, 4) is 0 Å². The zero-order valence-corrected chi connectivity index (χ0v) is 16.0. The Kier molecular flexibility index (Phi) is 12.4. The van der Waals surface area contributed by atoms with Crippen molar-refractivity contribution in [2.75, 3.05) is 72.6 Å². The van der Waals surface area contributed by atoms with Crippen LogP contribution in [0.3, 0.4) is 0 Å². The molecule has 7 nitrogen and oxygen atoms in total. The number of carbonyl (C=O) groups is 2. The van der Waals surface area contributed by atoms with Crippen LogP contribution in [0, 0.1) is 0 Å². The minimum absolute atomic E-state index is 0. The second kappa shape index (κ2) is 12.7. The molecule has 1 N–H and O–H groups in total. The Labute approximate surface area is 156 Å². The minimum Gasteiger partial charge on any atom is -0.383 e. The smallest absolute Gasteiger partial charge is 0.236 e. The van der Waals surface area contributed by atoms with Gasteiger partial charge in [-0.05, 0) is 12.8 Å². The monoisotopic (exact) mass is 384 g/mol. The topological polar surface area (TPSA) is 65.1 Å². The summed E-state index contributed by atoms with van der Waals surface area (Å²) < 4.78 is 4.93. The van der Waals surface area contributed by atoms with Crippen molar-refractivity contribution < 1.29 is 14.3 Å². The Morgan fingerprint density at radius 2 is 1.50 bits per heavy atom. The lowest BCUT2D eigenvalue weighted by Crippen LogP contribution is -2.52. The molecule has 2 fully saturated rings. The molecule has 0 unspecified atom stereocenters. The van der Waals surface area contributed by atoms with Crippen molar-refractivity contribution in [2.24, 2.45) is 0 Å². The van der Waals surface area contributed by atoms with Gasteiger partial charge in [-0.25, -0.2) is 0 Å². The SMILES string of the molecule is COCCNCC(=O)N1CCN(CC(=O)N2CCCC2)CC1.Cl.Cl. The van der Waals surface area contributed by atoms with Gasteiger partial charge in [0.1, 0.15) is 0 Å². The summed E-state index contributed by atoms with van der Waals surface area (Å²) in [5.74, 6) is 0.361. The third kappa shape index (κ3) is 7.53. The molecule has 142 valence electrons. The van der Waals surface area contributed by atoms with E-state index in [1.165, 1.54) is 0 Å². The fourth-order valence-electron chi connectivity index (χ4n) is 2.89. The molecule has 0 atom stereocenters. The molecule has 0 spiro atoms. The van der Waals surface area contributed by atoms with Crippen LogP contribution in [0.2, 0.25) is 0 Å². The molecule has 2 rings (SSSR count). The predicted octanol–water partition coefficient (Wildman–Crippen LogP) is -0.167. The zero-order chi connectivity index (χ0) is 15.8. The van der Waals surface area contributed by atoms with Crippen LogP contribution >= 0.6 is 24.8 Å². The quantitative estimate of drug-likeness (QED) is 0.617. The number of piperazine rings is 1. The van der Waals surface area contributed by atoms with Crippen LogP contribution in [0.4, 0.5) is 0 Å². The predicted molar refractivity (Wildman–Crippen MR) is 98.1 cm³/mol. The van der Waals surface area contributed by atoms with E-state index in [9.17, 15) is 9.59 Å². The van der Waals surface area contributed by atoms with E-state index in [2.05, 4.69) is 10.2 Å². The molecule has 0 aliphatic carbocycles. The van der Waals surface area contributed by atoms with E-state index in [1.807, 2.05) is 9.80 Å². The molecule has 24 heavy (non-hydrogen) atoms. The highest BCUT2D eigenvalue weighted by atomic mass is 35.5. The third-order valence-corrected chi connectivity index (χ3v) is 4.30. The van der Waals surface area contributed by atoms with E-state index in [4.69, 9.17) is 4.74 Å². The van der Waals surface area contributed by atoms with Crippen molar-refractivity contribution in [3.63, 3.8) is 0 Å². The van der Waals surface area contributed by atoms with Gasteiger partial charge < -0.3 is 19.9 Å². The maximum absolute atomic E-state index is 12.1. The van der Waals surface area contributed by atoms with Gasteiger partial charge in [-0.3, -0.25) is 14.5 Å². The van der Waals surface area contributed by atoms with E-state index in [1.54, 1.807) is 7.11 Å². The van der Waals surface area contributed by atoms with Crippen LogP contribution in [-0.4, -0.2) is 99.1 Å². The summed E-state index contributed by atoms with van der Waals surface area (Å²) in [4.78, 5) is 30.1. The molecule has 0 aromatic carbocycles. The van der Waals surface area contributed by atoms with Crippen molar-refractivity contribution >= 4 is 36.6 Å². The third-order valence-electron chi connectivity index (χ3n) is 4.30. The standard InChI is InChI=1S/C15H28N4O3.2ClH/c1-22-11-4-16-12-14(20)19-9-7-17(8-10-19)13-15(21)18-5-2-3-6-18;;/h16H,2-13H2,1H3;2*1H. The number of nitrogens with zero attached hydrogens (tertiary/aromatic N) is 3. The van der Waals surface area contributed by atoms with Gasteiger partial charge in [-0.2, -0.15) is 0 Å². The number of carbonyl (C=O) groups excluding carboxylic acids is 2. The number of nitrogens with one attached hydrogen (secondary N) is 1. The Balaban J connectivity index is 0.00000264. The Morgan fingerprint density at radius 1 is 0.917 bits per heavy atom. The van der Waals surface area contributed by atoms with E-state index < -0.39 is 0 Å². The largest absolute Gasteiger partial charge is 0.383 e. The Morgan fingerprint density at radius 3 is 2.08 bits per heavy atom. The maximum Gasteiger partial charge on any atom is 0.236 e. The highest BCUT2D eigenvalue weighted by Crippen LogP contribution is 2.09. The highest BCUT2D eigenvalue weighted by Gasteiger charge is 2.24. The number of hydrogen-bond acceptors (Lipinski definition) is 5. The number of halogens is 2. The maximum atomic E-state index is 12.1. The summed E-state index contributed by atoms with van der Waals surface area (Å²) in [5, 5.41) is 3.07. The molecule has 0 saturated carbocycles. The van der Waals surface area contributed by atoms with Crippen LogP contribution in [0.5, 0.6) is 0 Å². The molecule has 9 heteroatoms. The number of methoxy groups -OCH3 is 1. The lowest BCUT2D eigenvalue weighted by atomic mass is 10.3. The van der Waals surface area contributed by atoms with Gasteiger partial charge in [0.2, 0.25) is 11.8 Å². The normalized spacial score (nSPS) is 18.0. The van der Waals surface area contributed by atoms with Crippen LogP contribution in [-0.2, 0) is 14.3 Å². The van der Waals surface area contributed by atoms with Gasteiger partial charge in [-0.1, -0.05) is 0 Å². The molecule has 2 aliphatic rings. The second-order valence-corrected chi connectivity index (χ2v) is 5.91. The lowest BCUT2D eigenvalue weighted by molar-refractivity contribution is -0.134. The van der Waals surface area contributed by atoms with E-state index in [0.717, 1.165) is 39.0 Å². The van der Waals surface area contributed by atoms with Crippen LogP contribution in [0.25, 0.3) is 0 Å². The zero-order valence-electron chi connectivity index (χ0n) is 14.4. The fraction of sp³-hybridized carbons (Fsp3) is 0.867. The number of hydrogen-bond donors (Lipinski definition) is 1. The summed E-state index contributed by atoms with van der Waals surface area (Å²) in [7, 11) is 1.65. The van der Waals surface area contributed by atoms with E-state index in [-0.39, 0.29) is 36.6 Å². The average molecular weight is 385 g/mol. The fourth-order valence-corrected chi connectivity index (χ4v) is 2.89. The van der Waals surface area contributed by atoms with Gasteiger partial charge >= 0.3 is 0 Å². The molecule has 2 saturated heterocycles. The van der Waals surface area contributed by atoms with Gasteiger partial charge in [0.05, 0.1) is 19.7 Å². The number of amides is 2. The number of likely N-dealkylation sites (tertiary alicyclic amines) is 1.